The summed E-state index contributed by atoms with van der Waals surface area (Å²) in [4.78, 5) is 5.51. The van der Waals surface area contributed by atoms with Crippen molar-refractivity contribution in [3.05, 3.63) is 40.7 Å². The minimum absolute atomic E-state index is 0.166. The number of thiazole rings is 1. The summed E-state index contributed by atoms with van der Waals surface area (Å²) in [5.41, 5.74) is 1.54. The molecule has 1 heterocycles. The number of rotatable bonds is 2. The van der Waals surface area contributed by atoms with E-state index in [0.29, 0.717) is 5.56 Å². The average molecular weight is 221 g/mol. The number of nitrogens with zero attached hydrogens (tertiary/aromatic N) is 1. The van der Waals surface area contributed by atoms with Crippen LogP contribution in [0.1, 0.15) is 17.4 Å². The highest BCUT2D eigenvalue weighted by Gasteiger charge is 2.05. The normalized spacial score (nSPS) is 10.6. The summed E-state index contributed by atoms with van der Waals surface area (Å²) in [7, 11) is 0. The Morgan fingerprint density at radius 3 is 2.80 bits per heavy atom. The first-order valence-corrected chi connectivity index (χ1v) is 5.73. The summed E-state index contributed by atoms with van der Waals surface area (Å²) in [5, 5.41) is 0.894. The fourth-order valence-corrected chi connectivity index (χ4v) is 2.18. The van der Waals surface area contributed by atoms with Crippen LogP contribution in [0.2, 0.25) is 0 Å². The molecule has 0 unspecified atom stereocenters. The highest BCUT2D eigenvalue weighted by molar-refractivity contribution is 7.15. The van der Waals surface area contributed by atoms with Gasteiger partial charge in [0.05, 0.1) is 0 Å². The fraction of sp³-hybridized carbons (Fsp3) is 0.250. The first kappa shape index (κ1) is 10.3. The van der Waals surface area contributed by atoms with Gasteiger partial charge in [-0.15, -0.1) is 11.3 Å². The van der Waals surface area contributed by atoms with Crippen molar-refractivity contribution >= 4 is 11.3 Å². The van der Waals surface area contributed by atoms with Gasteiger partial charge in [0, 0.05) is 16.6 Å². The maximum atomic E-state index is 13.3. The third-order valence-corrected chi connectivity index (χ3v) is 3.51. The molecule has 0 aliphatic carbocycles. The standard InChI is InChI=1S/C12H12FNS/c1-3-10-7-14-12(15-10)9-5-4-8(2)11(13)6-9/h4-7H,3H2,1-2H3. The molecule has 1 aromatic heterocycles. The van der Waals surface area contributed by atoms with E-state index in [4.69, 9.17) is 0 Å². The van der Waals surface area contributed by atoms with Crippen molar-refractivity contribution in [2.45, 2.75) is 20.3 Å². The van der Waals surface area contributed by atoms with Crippen LogP contribution in [0.4, 0.5) is 4.39 Å². The van der Waals surface area contributed by atoms with Crippen LogP contribution in [-0.4, -0.2) is 4.98 Å². The maximum Gasteiger partial charge on any atom is 0.126 e. The van der Waals surface area contributed by atoms with E-state index in [0.717, 1.165) is 17.0 Å². The Hall–Kier alpha value is -1.22. The number of aromatic nitrogens is 1. The van der Waals surface area contributed by atoms with Crippen LogP contribution in [0.5, 0.6) is 0 Å². The first-order valence-electron chi connectivity index (χ1n) is 4.92. The van der Waals surface area contributed by atoms with Crippen molar-refractivity contribution in [2.24, 2.45) is 0 Å². The van der Waals surface area contributed by atoms with Crippen LogP contribution in [0, 0.1) is 12.7 Å². The van der Waals surface area contributed by atoms with Gasteiger partial charge < -0.3 is 0 Å². The molecule has 2 aromatic rings. The van der Waals surface area contributed by atoms with Gasteiger partial charge in [0.2, 0.25) is 0 Å². The predicted molar refractivity (Wildman–Crippen MR) is 61.6 cm³/mol. The van der Waals surface area contributed by atoms with E-state index < -0.39 is 0 Å². The highest BCUT2D eigenvalue weighted by atomic mass is 32.1. The van der Waals surface area contributed by atoms with Crippen molar-refractivity contribution < 1.29 is 4.39 Å². The monoisotopic (exact) mass is 221 g/mol. The molecule has 15 heavy (non-hydrogen) atoms. The van der Waals surface area contributed by atoms with Crippen LogP contribution in [-0.2, 0) is 6.42 Å². The Bertz CT molecular complexity index is 476. The average Bonchev–Trinajstić information content (AvgIpc) is 2.70. The van der Waals surface area contributed by atoms with E-state index in [1.165, 1.54) is 4.88 Å². The summed E-state index contributed by atoms with van der Waals surface area (Å²) < 4.78 is 13.3. The lowest BCUT2D eigenvalue weighted by Gasteiger charge is -1.99. The van der Waals surface area contributed by atoms with Crippen LogP contribution in [0.25, 0.3) is 10.6 Å². The molecule has 0 bridgehead atoms. The van der Waals surface area contributed by atoms with Gasteiger partial charge in [-0.1, -0.05) is 19.1 Å². The van der Waals surface area contributed by atoms with E-state index in [1.54, 1.807) is 30.4 Å². The Kier molecular flexibility index (Phi) is 2.82. The zero-order valence-electron chi connectivity index (χ0n) is 8.75. The van der Waals surface area contributed by atoms with Crippen molar-refractivity contribution in [3.8, 4) is 10.6 Å². The molecule has 0 atom stereocenters. The van der Waals surface area contributed by atoms with Gasteiger partial charge in [0.25, 0.3) is 0 Å². The van der Waals surface area contributed by atoms with Crippen LogP contribution < -0.4 is 0 Å². The Morgan fingerprint density at radius 1 is 1.40 bits per heavy atom. The molecule has 0 amide bonds. The minimum atomic E-state index is -0.166. The Labute approximate surface area is 92.6 Å². The quantitative estimate of drug-likeness (QED) is 0.751. The van der Waals surface area contributed by atoms with Gasteiger partial charge in [-0.2, -0.15) is 0 Å². The lowest BCUT2D eigenvalue weighted by molar-refractivity contribution is 0.619. The number of hydrogen-bond acceptors (Lipinski definition) is 2. The van der Waals surface area contributed by atoms with Crippen molar-refractivity contribution in [3.63, 3.8) is 0 Å². The zero-order chi connectivity index (χ0) is 10.8. The van der Waals surface area contributed by atoms with Gasteiger partial charge in [0.15, 0.2) is 0 Å². The summed E-state index contributed by atoms with van der Waals surface area (Å²) in [6, 6.07) is 5.25. The van der Waals surface area contributed by atoms with Crippen LogP contribution >= 0.6 is 11.3 Å². The lowest BCUT2D eigenvalue weighted by atomic mass is 10.1. The first-order chi connectivity index (χ1) is 7.20. The largest absolute Gasteiger partial charge is 0.244 e. The van der Waals surface area contributed by atoms with Gasteiger partial charge in [0.1, 0.15) is 10.8 Å². The number of benzene rings is 1. The molecular formula is C12H12FNS. The molecule has 3 heteroatoms. The topological polar surface area (TPSA) is 12.9 Å². The smallest absolute Gasteiger partial charge is 0.126 e. The fourth-order valence-electron chi connectivity index (χ4n) is 1.33. The van der Waals surface area contributed by atoms with Crippen LogP contribution in [0.15, 0.2) is 24.4 Å². The minimum Gasteiger partial charge on any atom is -0.244 e. The molecule has 0 saturated heterocycles. The van der Waals surface area contributed by atoms with Gasteiger partial charge in [-0.05, 0) is 25.0 Å². The second-order valence-corrected chi connectivity index (χ2v) is 4.56. The molecule has 0 radical (unpaired) electrons. The molecule has 1 nitrogen and oxygen atoms in total. The van der Waals surface area contributed by atoms with E-state index in [9.17, 15) is 4.39 Å². The summed E-state index contributed by atoms with van der Waals surface area (Å²) in [5.74, 6) is -0.166. The van der Waals surface area contributed by atoms with Crippen molar-refractivity contribution in [1.29, 1.82) is 0 Å². The molecular weight excluding hydrogens is 209 g/mol. The van der Waals surface area contributed by atoms with Gasteiger partial charge in [-0.25, -0.2) is 9.37 Å². The molecule has 0 spiro atoms. The SMILES string of the molecule is CCc1cnc(-c2ccc(C)c(F)c2)s1. The van der Waals surface area contributed by atoms with E-state index >= 15 is 0 Å². The third-order valence-electron chi connectivity index (χ3n) is 2.32. The second-order valence-electron chi connectivity index (χ2n) is 3.45. The van der Waals surface area contributed by atoms with Gasteiger partial charge in [-0.3, -0.25) is 0 Å². The van der Waals surface area contributed by atoms with E-state index in [2.05, 4.69) is 11.9 Å². The van der Waals surface area contributed by atoms with Gasteiger partial charge >= 0.3 is 0 Å². The molecule has 0 aliphatic heterocycles. The van der Waals surface area contributed by atoms with Crippen molar-refractivity contribution in [1.82, 2.24) is 4.98 Å². The summed E-state index contributed by atoms with van der Waals surface area (Å²) in [6.45, 7) is 3.85. The molecule has 0 fully saturated rings. The summed E-state index contributed by atoms with van der Waals surface area (Å²) in [6.07, 6.45) is 2.84. The molecule has 78 valence electrons. The second kappa shape index (κ2) is 4.11. The Balaban J connectivity index is 2.40. The van der Waals surface area contributed by atoms with Crippen LogP contribution in [0.3, 0.4) is 0 Å². The maximum absolute atomic E-state index is 13.3. The van der Waals surface area contributed by atoms with E-state index in [1.807, 2.05) is 12.3 Å². The highest BCUT2D eigenvalue weighted by Crippen LogP contribution is 2.26. The Morgan fingerprint density at radius 2 is 2.20 bits per heavy atom. The molecule has 0 aliphatic rings. The number of hydrogen-bond donors (Lipinski definition) is 0. The zero-order valence-corrected chi connectivity index (χ0v) is 9.57. The lowest BCUT2D eigenvalue weighted by Crippen LogP contribution is -1.83. The molecule has 1 aromatic carbocycles. The number of halogens is 1. The number of aryl methyl sites for hydroxylation is 2. The van der Waals surface area contributed by atoms with Crippen molar-refractivity contribution in [2.75, 3.05) is 0 Å². The molecule has 2 rings (SSSR count). The molecule has 0 N–H and O–H groups in total. The third kappa shape index (κ3) is 2.07. The summed E-state index contributed by atoms with van der Waals surface area (Å²) >= 11 is 1.62. The molecule has 0 saturated carbocycles. The predicted octanol–water partition coefficient (Wildman–Crippen LogP) is 3.82. The van der Waals surface area contributed by atoms with E-state index in [-0.39, 0.29) is 5.82 Å².